The van der Waals surface area contributed by atoms with Gasteiger partial charge in [-0.15, -0.1) is 0 Å². The van der Waals surface area contributed by atoms with Crippen LogP contribution in [0.25, 0.3) is 0 Å². The molecule has 2 atom stereocenters. The first-order valence-corrected chi connectivity index (χ1v) is 6.65. The van der Waals surface area contributed by atoms with E-state index in [9.17, 15) is 5.11 Å². The van der Waals surface area contributed by atoms with E-state index in [-0.39, 0.29) is 6.10 Å². The van der Waals surface area contributed by atoms with Gasteiger partial charge in [0, 0.05) is 12.6 Å². The molecule has 2 saturated carbocycles. The summed E-state index contributed by atoms with van der Waals surface area (Å²) in [6.45, 7) is 1.12. The number of rotatable bonds is 3. The molecule has 0 saturated heterocycles. The summed E-state index contributed by atoms with van der Waals surface area (Å²) in [6, 6.07) is 0.798. The van der Waals surface area contributed by atoms with Crippen LogP contribution in [0.1, 0.15) is 51.4 Å². The molecule has 2 nitrogen and oxygen atoms in total. The molecule has 0 aromatic heterocycles. The molecule has 0 aromatic carbocycles. The summed E-state index contributed by atoms with van der Waals surface area (Å²) >= 11 is 0. The van der Waals surface area contributed by atoms with Gasteiger partial charge in [0.25, 0.3) is 0 Å². The standard InChI is InChI=1S/C13H25NO/c1-14(12-7-3-2-4-8-12)10-11-6-5-9-13(11)15/h11-13,15H,2-10H2,1H3. The van der Waals surface area contributed by atoms with Crippen LogP contribution in [0, 0.1) is 5.92 Å². The first-order valence-electron chi connectivity index (χ1n) is 6.65. The van der Waals surface area contributed by atoms with Crippen molar-refractivity contribution < 1.29 is 5.11 Å². The topological polar surface area (TPSA) is 23.5 Å². The van der Waals surface area contributed by atoms with Gasteiger partial charge in [-0.3, -0.25) is 0 Å². The molecule has 0 heterocycles. The number of aliphatic hydroxyl groups excluding tert-OH is 1. The van der Waals surface area contributed by atoms with Gasteiger partial charge in [-0.25, -0.2) is 0 Å². The van der Waals surface area contributed by atoms with E-state index in [2.05, 4.69) is 11.9 Å². The lowest BCUT2D eigenvalue weighted by molar-refractivity contribution is 0.0883. The molecule has 2 heteroatoms. The summed E-state index contributed by atoms with van der Waals surface area (Å²) in [5.41, 5.74) is 0. The second-order valence-electron chi connectivity index (χ2n) is 5.49. The van der Waals surface area contributed by atoms with Crippen LogP contribution in [0.15, 0.2) is 0 Å². The van der Waals surface area contributed by atoms with Crippen LogP contribution in [0.5, 0.6) is 0 Å². The van der Waals surface area contributed by atoms with Gasteiger partial charge < -0.3 is 10.0 Å². The third-order valence-electron chi connectivity index (χ3n) is 4.34. The van der Waals surface area contributed by atoms with Crippen LogP contribution in [-0.4, -0.2) is 35.7 Å². The van der Waals surface area contributed by atoms with Crippen molar-refractivity contribution in [3.05, 3.63) is 0 Å². The second kappa shape index (κ2) is 5.31. The maximum atomic E-state index is 9.81. The van der Waals surface area contributed by atoms with Crippen molar-refractivity contribution in [2.24, 2.45) is 5.92 Å². The van der Waals surface area contributed by atoms with Crippen molar-refractivity contribution >= 4 is 0 Å². The molecule has 0 bridgehead atoms. The predicted octanol–water partition coefficient (Wildman–Crippen LogP) is 2.41. The Kier molecular flexibility index (Phi) is 4.04. The number of nitrogens with zero attached hydrogens (tertiary/aromatic N) is 1. The Bertz CT molecular complexity index is 189. The van der Waals surface area contributed by atoms with E-state index in [1.54, 1.807) is 0 Å². The minimum Gasteiger partial charge on any atom is -0.393 e. The highest BCUT2D eigenvalue weighted by molar-refractivity contribution is 4.82. The minimum absolute atomic E-state index is 0.0176. The van der Waals surface area contributed by atoms with Gasteiger partial charge in [0.1, 0.15) is 0 Å². The minimum atomic E-state index is -0.0176. The lowest BCUT2D eigenvalue weighted by Gasteiger charge is -2.33. The number of hydrogen-bond donors (Lipinski definition) is 1. The van der Waals surface area contributed by atoms with E-state index in [0.29, 0.717) is 5.92 Å². The molecule has 15 heavy (non-hydrogen) atoms. The van der Waals surface area contributed by atoms with Gasteiger partial charge in [0.15, 0.2) is 0 Å². The summed E-state index contributed by atoms with van der Waals surface area (Å²) in [4.78, 5) is 2.51. The Morgan fingerprint density at radius 1 is 1.00 bits per heavy atom. The fourth-order valence-electron chi connectivity index (χ4n) is 3.27. The maximum Gasteiger partial charge on any atom is 0.0580 e. The second-order valence-corrected chi connectivity index (χ2v) is 5.49. The zero-order chi connectivity index (χ0) is 10.7. The highest BCUT2D eigenvalue weighted by atomic mass is 16.3. The normalized spacial score (nSPS) is 33.8. The van der Waals surface area contributed by atoms with Crippen LogP contribution in [0.3, 0.4) is 0 Å². The molecular weight excluding hydrogens is 186 g/mol. The van der Waals surface area contributed by atoms with E-state index in [1.165, 1.54) is 44.9 Å². The van der Waals surface area contributed by atoms with Crippen molar-refractivity contribution in [1.82, 2.24) is 4.90 Å². The van der Waals surface area contributed by atoms with Gasteiger partial charge in [-0.2, -0.15) is 0 Å². The molecule has 88 valence electrons. The lowest BCUT2D eigenvalue weighted by Crippen LogP contribution is -2.38. The first kappa shape index (κ1) is 11.4. The maximum absolute atomic E-state index is 9.81. The van der Waals surface area contributed by atoms with Crippen LogP contribution < -0.4 is 0 Å². The Morgan fingerprint density at radius 3 is 2.33 bits per heavy atom. The quantitative estimate of drug-likeness (QED) is 0.775. The SMILES string of the molecule is CN(CC1CCCC1O)C1CCCCC1. The third-order valence-corrected chi connectivity index (χ3v) is 4.34. The molecule has 0 aliphatic heterocycles. The molecule has 0 amide bonds. The largest absolute Gasteiger partial charge is 0.393 e. The highest BCUT2D eigenvalue weighted by Gasteiger charge is 2.28. The smallest absolute Gasteiger partial charge is 0.0580 e. The van der Waals surface area contributed by atoms with Crippen LogP contribution in [-0.2, 0) is 0 Å². The van der Waals surface area contributed by atoms with Crippen molar-refractivity contribution in [3.8, 4) is 0 Å². The summed E-state index contributed by atoms with van der Waals surface area (Å²) < 4.78 is 0. The van der Waals surface area contributed by atoms with E-state index >= 15 is 0 Å². The summed E-state index contributed by atoms with van der Waals surface area (Å²) in [5.74, 6) is 0.553. The fourth-order valence-corrected chi connectivity index (χ4v) is 3.27. The van der Waals surface area contributed by atoms with Crippen molar-refractivity contribution in [1.29, 1.82) is 0 Å². The molecule has 2 rings (SSSR count). The molecule has 2 aliphatic rings. The zero-order valence-corrected chi connectivity index (χ0v) is 9.99. The molecule has 2 aliphatic carbocycles. The Balaban J connectivity index is 1.77. The average molecular weight is 211 g/mol. The van der Waals surface area contributed by atoms with E-state index < -0.39 is 0 Å². The average Bonchev–Trinajstić information content (AvgIpc) is 2.66. The highest BCUT2D eigenvalue weighted by Crippen LogP contribution is 2.28. The van der Waals surface area contributed by atoms with Crippen LogP contribution >= 0.6 is 0 Å². The van der Waals surface area contributed by atoms with Crippen molar-refractivity contribution in [2.75, 3.05) is 13.6 Å². The van der Waals surface area contributed by atoms with Gasteiger partial charge in [-0.05, 0) is 38.6 Å². The summed E-state index contributed by atoms with van der Waals surface area (Å²) in [7, 11) is 2.25. The van der Waals surface area contributed by atoms with E-state index in [4.69, 9.17) is 0 Å². The van der Waals surface area contributed by atoms with Crippen LogP contribution in [0.2, 0.25) is 0 Å². The molecular formula is C13H25NO. The van der Waals surface area contributed by atoms with Gasteiger partial charge >= 0.3 is 0 Å². The molecule has 0 aromatic rings. The molecule has 0 radical (unpaired) electrons. The fraction of sp³-hybridized carbons (Fsp3) is 1.00. The van der Waals surface area contributed by atoms with Gasteiger partial charge in [0.2, 0.25) is 0 Å². The third kappa shape index (κ3) is 2.94. The summed E-state index contributed by atoms with van der Waals surface area (Å²) in [5, 5.41) is 9.81. The van der Waals surface area contributed by atoms with Crippen molar-refractivity contribution in [2.45, 2.75) is 63.5 Å². The van der Waals surface area contributed by atoms with E-state index in [0.717, 1.165) is 19.0 Å². The lowest BCUT2D eigenvalue weighted by atomic mass is 9.93. The first-order chi connectivity index (χ1) is 7.27. The number of aliphatic hydroxyl groups is 1. The van der Waals surface area contributed by atoms with Gasteiger partial charge in [-0.1, -0.05) is 25.7 Å². The predicted molar refractivity (Wildman–Crippen MR) is 62.9 cm³/mol. The molecule has 2 fully saturated rings. The zero-order valence-electron chi connectivity index (χ0n) is 9.99. The Morgan fingerprint density at radius 2 is 1.73 bits per heavy atom. The van der Waals surface area contributed by atoms with Crippen LogP contribution in [0.4, 0.5) is 0 Å². The molecule has 2 unspecified atom stereocenters. The summed E-state index contributed by atoms with van der Waals surface area (Å²) in [6.07, 6.45) is 10.5. The van der Waals surface area contributed by atoms with E-state index in [1.807, 2.05) is 0 Å². The molecule has 0 spiro atoms. The molecule has 1 N–H and O–H groups in total. The van der Waals surface area contributed by atoms with Gasteiger partial charge in [0.05, 0.1) is 6.10 Å². The number of hydrogen-bond acceptors (Lipinski definition) is 2. The van der Waals surface area contributed by atoms with Crippen molar-refractivity contribution in [3.63, 3.8) is 0 Å². The Labute approximate surface area is 93.7 Å². The Hall–Kier alpha value is -0.0800. The monoisotopic (exact) mass is 211 g/mol.